The minimum Gasteiger partial charge on any atom is -0.376 e. The van der Waals surface area contributed by atoms with Crippen LogP contribution in [0.3, 0.4) is 0 Å². The molecule has 1 N–H and O–H groups in total. The fraction of sp³-hybridized carbons (Fsp3) is 0.611. The summed E-state index contributed by atoms with van der Waals surface area (Å²) in [7, 11) is 0. The van der Waals surface area contributed by atoms with Crippen LogP contribution in [0.15, 0.2) is 29.9 Å². The Balaban J connectivity index is 1.57. The van der Waals surface area contributed by atoms with Crippen molar-refractivity contribution < 1.29 is 4.74 Å². The molecule has 0 radical (unpaired) electrons. The molecule has 3 heterocycles. The second-order valence-electron chi connectivity index (χ2n) is 6.45. The van der Waals surface area contributed by atoms with Crippen LogP contribution in [0.5, 0.6) is 0 Å². The first-order chi connectivity index (χ1) is 11.8. The van der Waals surface area contributed by atoms with Crippen molar-refractivity contribution in [2.45, 2.75) is 45.5 Å². The lowest BCUT2D eigenvalue weighted by Crippen LogP contribution is -2.45. The zero-order valence-electron chi connectivity index (χ0n) is 14.6. The molecule has 24 heavy (non-hydrogen) atoms. The van der Waals surface area contributed by atoms with Gasteiger partial charge >= 0.3 is 0 Å². The van der Waals surface area contributed by atoms with Gasteiger partial charge in [0.1, 0.15) is 0 Å². The van der Waals surface area contributed by atoms with E-state index < -0.39 is 0 Å². The maximum absolute atomic E-state index is 5.71. The van der Waals surface area contributed by atoms with Crippen LogP contribution in [0.25, 0.3) is 0 Å². The van der Waals surface area contributed by atoms with Crippen LogP contribution in [-0.2, 0) is 17.8 Å². The minimum atomic E-state index is 0.313. The average molecular weight is 349 g/mol. The number of rotatable bonds is 8. The standard InChI is InChI=1S/C18H28N4OS/c1-3-6-22-14-16(11-20-22)10-19-12-17(18-5-4-9-24-18)21-7-8-23-15(2)13-21/h4-5,9,11,14-15,17,19H,3,6-8,10,12-13H2,1-2H3/t15-,17-/m0/s1. The third kappa shape index (κ3) is 4.66. The lowest BCUT2D eigenvalue weighted by Gasteiger charge is -2.37. The molecule has 0 saturated carbocycles. The van der Waals surface area contributed by atoms with Crippen LogP contribution in [0, 0.1) is 0 Å². The molecule has 0 spiro atoms. The summed E-state index contributed by atoms with van der Waals surface area (Å²) in [4.78, 5) is 3.98. The molecule has 2 atom stereocenters. The smallest absolute Gasteiger partial charge is 0.0674 e. The predicted molar refractivity (Wildman–Crippen MR) is 98.3 cm³/mol. The number of nitrogens with one attached hydrogen (secondary N) is 1. The Kier molecular flexibility index (Phi) is 6.43. The maximum atomic E-state index is 5.71. The number of aryl methyl sites for hydroxylation is 1. The molecule has 0 aliphatic carbocycles. The van der Waals surface area contributed by atoms with E-state index in [1.54, 1.807) is 0 Å². The highest BCUT2D eigenvalue weighted by Crippen LogP contribution is 2.26. The third-order valence-electron chi connectivity index (χ3n) is 4.39. The first-order valence-corrected chi connectivity index (χ1v) is 9.75. The van der Waals surface area contributed by atoms with Gasteiger partial charge in [0.05, 0.1) is 24.9 Å². The molecule has 5 nitrogen and oxygen atoms in total. The van der Waals surface area contributed by atoms with Crippen molar-refractivity contribution in [1.29, 1.82) is 0 Å². The number of ether oxygens (including phenoxy) is 1. The monoisotopic (exact) mass is 348 g/mol. The number of nitrogens with zero attached hydrogens (tertiary/aromatic N) is 3. The summed E-state index contributed by atoms with van der Waals surface area (Å²) in [6, 6.07) is 4.81. The summed E-state index contributed by atoms with van der Waals surface area (Å²) >= 11 is 1.84. The Labute approximate surface area is 148 Å². The van der Waals surface area contributed by atoms with Gasteiger partial charge in [-0.25, -0.2) is 0 Å². The normalized spacial score (nSPS) is 20.3. The first-order valence-electron chi connectivity index (χ1n) is 8.87. The highest BCUT2D eigenvalue weighted by atomic mass is 32.1. The lowest BCUT2D eigenvalue weighted by molar-refractivity contribution is -0.0339. The van der Waals surface area contributed by atoms with Crippen molar-refractivity contribution in [2.75, 3.05) is 26.2 Å². The van der Waals surface area contributed by atoms with Crippen LogP contribution in [0.4, 0.5) is 0 Å². The highest BCUT2D eigenvalue weighted by Gasteiger charge is 2.25. The summed E-state index contributed by atoms with van der Waals surface area (Å²) in [6.07, 6.45) is 5.55. The Hall–Kier alpha value is -1.21. The molecule has 0 amide bonds. The molecular weight excluding hydrogens is 320 g/mol. The second-order valence-corrected chi connectivity index (χ2v) is 7.43. The molecule has 6 heteroatoms. The van der Waals surface area contributed by atoms with Crippen molar-refractivity contribution in [3.05, 3.63) is 40.3 Å². The zero-order valence-corrected chi connectivity index (χ0v) is 15.5. The average Bonchev–Trinajstić information content (AvgIpc) is 3.24. The Morgan fingerprint density at radius 1 is 1.50 bits per heavy atom. The molecule has 1 fully saturated rings. The van der Waals surface area contributed by atoms with Crippen molar-refractivity contribution in [3.63, 3.8) is 0 Å². The summed E-state index contributed by atoms with van der Waals surface area (Å²) < 4.78 is 7.73. The van der Waals surface area contributed by atoms with Crippen molar-refractivity contribution in [2.24, 2.45) is 0 Å². The molecule has 2 aromatic rings. The Bertz CT molecular complexity index is 598. The number of aromatic nitrogens is 2. The van der Waals surface area contributed by atoms with Gasteiger partial charge in [0.2, 0.25) is 0 Å². The lowest BCUT2D eigenvalue weighted by atomic mass is 10.1. The Morgan fingerprint density at radius 3 is 3.17 bits per heavy atom. The summed E-state index contributed by atoms with van der Waals surface area (Å²) in [5, 5.41) is 10.2. The van der Waals surface area contributed by atoms with Crippen LogP contribution >= 0.6 is 11.3 Å². The van der Waals surface area contributed by atoms with E-state index in [1.165, 1.54) is 10.4 Å². The van der Waals surface area contributed by atoms with Crippen molar-refractivity contribution >= 4 is 11.3 Å². The van der Waals surface area contributed by atoms with E-state index >= 15 is 0 Å². The molecule has 0 unspecified atom stereocenters. The zero-order chi connectivity index (χ0) is 16.8. The van der Waals surface area contributed by atoms with Crippen LogP contribution in [0.1, 0.15) is 36.8 Å². The van der Waals surface area contributed by atoms with Gasteiger partial charge in [0, 0.05) is 49.4 Å². The van der Waals surface area contributed by atoms with E-state index in [4.69, 9.17) is 4.74 Å². The fourth-order valence-electron chi connectivity index (χ4n) is 3.22. The van der Waals surface area contributed by atoms with Crippen LogP contribution in [0.2, 0.25) is 0 Å². The largest absolute Gasteiger partial charge is 0.376 e. The number of morpholine rings is 1. The highest BCUT2D eigenvalue weighted by molar-refractivity contribution is 7.10. The fourth-order valence-corrected chi connectivity index (χ4v) is 4.08. The van der Waals surface area contributed by atoms with Gasteiger partial charge in [-0.05, 0) is 24.8 Å². The molecular formula is C18H28N4OS. The third-order valence-corrected chi connectivity index (χ3v) is 5.36. The summed E-state index contributed by atoms with van der Waals surface area (Å²) in [5.74, 6) is 0. The van der Waals surface area contributed by atoms with Gasteiger partial charge in [0.25, 0.3) is 0 Å². The molecule has 1 saturated heterocycles. The van der Waals surface area contributed by atoms with E-state index in [-0.39, 0.29) is 0 Å². The molecule has 1 aliphatic rings. The van der Waals surface area contributed by atoms with Crippen molar-refractivity contribution in [1.82, 2.24) is 20.0 Å². The number of hydrogen-bond donors (Lipinski definition) is 1. The molecule has 2 aromatic heterocycles. The molecule has 0 bridgehead atoms. The van der Waals surface area contributed by atoms with Crippen LogP contribution in [-0.4, -0.2) is 47.0 Å². The second kappa shape index (κ2) is 8.76. The van der Waals surface area contributed by atoms with E-state index in [1.807, 2.05) is 22.2 Å². The minimum absolute atomic E-state index is 0.313. The van der Waals surface area contributed by atoms with Gasteiger partial charge in [-0.3, -0.25) is 9.58 Å². The summed E-state index contributed by atoms with van der Waals surface area (Å²) in [5.41, 5.74) is 1.25. The summed E-state index contributed by atoms with van der Waals surface area (Å²) in [6.45, 7) is 9.97. The van der Waals surface area contributed by atoms with Gasteiger partial charge in [-0.2, -0.15) is 5.10 Å². The van der Waals surface area contributed by atoms with E-state index in [9.17, 15) is 0 Å². The van der Waals surface area contributed by atoms with Gasteiger partial charge in [-0.15, -0.1) is 11.3 Å². The van der Waals surface area contributed by atoms with Crippen LogP contribution < -0.4 is 5.32 Å². The number of thiophene rings is 1. The molecule has 132 valence electrons. The topological polar surface area (TPSA) is 42.3 Å². The predicted octanol–water partition coefficient (Wildman–Crippen LogP) is 2.91. The molecule has 1 aliphatic heterocycles. The SMILES string of the molecule is CCCn1cc(CNC[C@@H](c2cccs2)N2CCO[C@@H](C)C2)cn1. The van der Waals surface area contributed by atoms with Gasteiger partial charge in [-0.1, -0.05) is 13.0 Å². The first kappa shape index (κ1) is 17.6. The molecule has 3 rings (SSSR count). The van der Waals surface area contributed by atoms with Gasteiger partial charge in [0.15, 0.2) is 0 Å². The van der Waals surface area contributed by atoms with Gasteiger partial charge < -0.3 is 10.1 Å². The van der Waals surface area contributed by atoms with Crippen molar-refractivity contribution in [3.8, 4) is 0 Å². The maximum Gasteiger partial charge on any atom is 0.0674 e. The quantitative estimate of drug-likeness (QED) is 0.796. The van der Waals surface area contributed by atoms with E-state index in [0.717, 1.165) is 45.8 Å². The van der Waals surface area contributed by atoms with E-state index in [2.05, 4.69) is 52.9 Å². The van der Waals surface area contributed by atoms with E-state index in [0.29, 0.717) is 12.1 Å². The number of hydrogen-bond acceptors (Lipinski definition) is 5. The molecule has 0 aromatic carbocycles. The Morgan fingerprint density at radius 2 is 2.42 bits per heavy atom.